The minimum Gasteiger partial charge on any atom is -0.305 e. The fourth-order valence-corrected chi connectivity index (χ4v) is 4.80. The Bertz CT molecular complexity index is 1480. The Kier molecular flexibility index (Phi) is 4.80. The largest absolute Gasteiger partial charge is 0.305 e. The summed E-state index contributed by atoms with van der Waals surface area (Å²) in [6.07, 6.45) is 5.49. The van der Waals surface area contributed by atoms with E-state index in [9.17, 15) is 13.2 Å². The summed E-state index contributed by atoms with van der Waals surface area (Å²) in [5, 5.41) is 6.97. The zero-order valence-corrected chi connectivity index (χ0v) is 16.7. The Morgan fingerprint density at radius 2 is 1.90 bits per heavy atom. The predicted molar refractivity (Wildman–Crippen MR) is 114 cm³/mol. The number of benzene rings is 3. The van der Waals surface area contributed by atoms with Crippen molar-refractivity contribution in [1.29, 1.82) is 0 Å². The summed E-state index contributed by atoms with van der Waals surface area (Å²) in [6, 6.07) is 17.5. The van der Waals surface area contributed by atoms with E-state index in [1.165, 1.54) is 23.5 Å². The molecule has 4 aromatic rings. The fraction of sp³-hybridized carbons (Fsp3) is 0.0476. The van der Waals surface area contributed by atoms with E-state index >= 15 is 0 Å². The van der Waals surface area contributed by atoms with Gasteiger partial charge in [-0.05, 0) is 35.0 Å². The molecule has 29 heavy (non-hydrogen) atoms. The molecule has 0 bridgehead atoms. The monoisotopic (exact) mass is 421 g/mol. The molecule has 0 aliphatic rings. The second kappa shape index (κ2) is 7.29. The Labute approximate surface area is 171 Å². The van der Waals surface area contributed by atoms with Crippen molar-refractivity contribution in [3.8, 4) is 12.3 Å². The maximum absolute atomic E-state index is 12.9. The van der Waals surface area contributed by atoms with E-state index in [1.807, 2.05) is 36.4 Å². The van der Waals surface area contributed by atoms with Crippen molar-refractivity contribution in [3.05, 3.63) is 71.0 Å². The van der Waals surface area contributed by atoms with E-state index in [1.54, 1.807) is 16.7 Å². The van der Waals surface area contributed by atoms with Crippen LogP contribution in [0, 0.1) is 12.3 Å². The first kappa shape index (κ1) is 19.1. The van der Waals surface area contributed by atoms with E-state index in [-0.39, 0.29) is 11.4 Å². The van der Waals surface area contributed by atoms with Crippen LogP contribution in [0.15, 0.2) is 70.6 Å². The molecule has 0 aliphatic heterocycles. The third kappa shape index (κ3) is 3.59. The quantitative estimate of drug-likeness (QED) is 0.515. The van der Waals surface area contributed by atoms with Crippen molar-refractivity contribution >= 4 is 48.3 Å². The Balaban J connectivity index is 1.92. The Morgan fingerprint density at radius 3 is 2.66 bits per heavy atom. The Hall–Kier alpha value is -3.25. The normalized spacial score (nSPS) is 12.3. The summed E-state index contributed by atoms with van der Waals surface area (Å²) < 4.78 is 25.6. The van der Waals surface area contributed by atoms with Crippen molar-refractivity contribution in [2.24, 2.45) is 10.1 Å². The molecule has 0 atom stereocenters. The minimum absolute atomic E-state index is 0.00830. The molecule has 1 aromatic heterocycles. The number of rotatable bonds is 3. The van der Waals surface area contributed by atoms with Gasteiger partial charge in [0.25, 0.3) is 5.91 Å². The van der Waals surface area contributed by atoms with Gasteiger partial charge in [-0.25, -0.2) is 13.6 Å². The number of hydrogen-bond acceptors (Lipinski definition) is 4. The van der Waals surface area contributed by atoms with E-state index in [2.05, 4.69) is 10.9 Å². The van der Waals surface area contributed by atoms with Gasteiger partial charge in [-0.15, -0.1) is 6.42 Å². The van der Waals surface area contributed by atoms with Crippen LogP contribution in [-0.2, 0) is 16.6 Å². The number of thiazole rings is 1. The van der Waals surface area contributed by atoms with Gasteiger partial charge in [-0.3, -0.25) is 4.79 Å². The smallest absolute Gasteiger partial charge is 0.280 e. The van der Waals surface area contributed by atoms with Gasteiger partial charge in [0.05, 0.1) is 21.7 Å². The molecule has 8 heteroatoms. The van der Waals surface area contributed by atoms with E-state index in [0.717, 1.165) is 10.8 Å². The molecule has 0 spiro atoms. The summed E-state index contributed by atoms with van der Waals surface area (Å²) in [5.74, 6) is 2.15. The lowest BCUT2D eigenvalue weighted by molar-refractivity contribution is 0.0999. The first-order chi connectivity index (χ1) is 13.9. The molecular weight excluding hydrogens is 406 g/mol. The number of terminal acetylenes is 1. The summed E-state index contributed by atoms with van der Waals surface area (Å²) in [4.78, 5) is 17.6. The maximum Gasteiger partial charge on any atom is 0.280 e. The van der Waals surface area contributed by atoms with E-state index in [4.69, 9.17) is 11.6 Å². The molecular formula is C21H15N3O3S2. The highest BCUT2D eigenvalue weighted by molar-refractivity contribution is 7.89. The Morgan fingerprint density at radius 1 is 1.14 bits per heavy atom. The molecule has 2 N–H and O–H groups in total. The molecule has 0 unspecified atom stereocenters. The first-order valence-corrected chi connectivity index (χ1v) is 10.9. The molecule has 4 rings (SSSR count). The highest BCUT2D eigenvalue weighted by atomic mass is 32.2. The number of primary sulfonamides is 1. The number of hydrogen-bond donors (Lipinski definition) is 1. The van der Waals surface area contributed by atoms with Crippen LogP contribution in [-0.4, -0.2) is 18.9 Å². The standard InChI is InChI=1S/C21H15N3O3S2/c1-2-12-24-18-11-10-15(29(22,26)27)13-19(18)28-21(24)23-20(25)17-9-5-7-14-6-3-4-8-16(14)17/h1,3-11,13H,12H2,(H2,22,26,27). The van der Waals surface area contributed by atoms with Crippen LogP contribution >= 0.6 is 11.3 Å². The van der Waals surface area contributed by atoms with Crippen LogP contribution in [0.25, 0.3) is 21.0 Å². The van der Waals surface area contributed by atoms with Gasteiger partial charge in [-0.2, -0.15) is 4.99 Å². The third-order valence-electron chi connectivity index (χ3n) is 4.45. The van der Waals surface area contributed by atoms with Gasteiger partial charge in [0, 0.05) is 5.56 Å². The number of sulfonamides is 1. The van der Waals surface area contributed by atoms with Crippen LogP contribution in [0.4, 0.5) is 0 Å². The molecule has 144 valence electrons. The molecule has 0 saturated carbocycles. The topological polar surface area (TPSA) is 94.5 Å². The molecule has 1 heterocycles. The molecule has 0 radical (unpaired) electrons. The second-order valence-corrected chi connectivity index (χ2v) is 8.86. The molecule has 0 saturated heterocycles. The zero-order chi connectivity index (χ0) is 20.6. The van der Waals surface area contributed by atoms with Crippen LogP contribution in [0.1, 0.15) is 10.4 Å². The highest BCUT2D eigenvalue weighted by Crippen LogP contribution is 2.22. The van der Waals surface area contributed by atoms with Crippen LogP contribution in [0.2, 0.25) is 0 Å². The summed E-state index contributed by atoms with van der Waals surface area (Å²) in [7, 11) is -3.84. The number of carbonyl (C=O) groups is 1. The summed E-state index contributed by atoms with van der Waals surface area (Å²) in [6.45, 7) is 0.191. The lowest BCUT2D eigenvalue weighted by Crippen LogP contribution is -2.16. The number of nitrogens with two attached hydrogens (primary N) is 1. The lowest BCUT2D eigenvalue weighted by Gasteiger charge is -2.03. The van der Waals surface area contributed by atoms with E-state index < -0.39 is 15.9 Å². The van der Waals surface area contributed by atoms with Gasteiger partial charge in [0.1, 0.15) is 0 Å². The SMILES string of the molecule is C#CCn1c(=NC(=O)c2cccc3ccccc23)sc2cc(S(N)(=O)=O)ccc21. The van der Waals surface area contributed by atoms with Crippen LogP contribution in [0.3, 0.4) is 0 Å². The summed E-state index contributed by atoms with van der Waals surface area (Å²) >= 11 is 1.18. The number of nitrogens with zero attached hydrogens (tertiary/aromatic N) is 2. The van der Waals surface area contributed by atoms with Crippen molar-refractivity contribution in [3.63, 3.8) is 0 Å². The van der Waals surface area contributed by atoms with Gasteiger partial charge in [-0.1, -0.05) is 53.7 Å². The lowest BCUT2D eigenvalue weighted by atomic mass is 10.0. The van der Waals surface area contributed by atoms with Crippen LogP contribution < -0.4 is 9.94 Å². The minimum atomic E-state index is -3.84. The van der Waals surface area contributed by atoms with E-state index in [0.29, 0.717) is 20.6 Å². The zero-order valence-electron chi connectivity index (χ0n) is 15.1. The van der Waals surface area contributed by atoms with Crippen molar-refractivity contribution in [1.82, 2.24) is 4.57 Å². The average Bonchev–Trinajstić information content (AvgIpc) is 3.03. The van der Waals surface area contributed by atoms with Crippen LogP contribution in [0.5, 0.6) is 0 Å². The number of amides is 1. The highest BCUT2D eigenvalue weighted by Gasteiger charge is 2.14. The number of carbonyl (C=O) groups excluding carboxylic acids is 1. The van der Waals surface area contributed by atoms with Crippen molar-refractivity contribution < 1.29 is 13.2 Å². The molecule has 6 nitrogen and oxygen atoms in total. The maximum atomic E-state index is 12.9. The van der Waals surface area contributed by atoms with Gasteiger partial charge < -0.3 is 4.57 Å². The van der Waals surface area contributed by atoms with Crippen molar-refractivity contribution in [2.75, 3.05) is 0 Å². The molecule has 0 aliphatic carbocycles. The van der Waals surface area contributed by atoms with Gasteiger partial charge in [0.15, 0.2) is 4.80 Å². The molecule has 0 fully saturated rings. The molecule has 3 aromatic carbocycles. The third-order valence-corrected chi connectivity index (χ3v) is 6.40. The summed E-state index contributed by atoms with van der Waals surface area (Å²) in [5.41, 5.74) is 1.17. The number of fused-ring (bicyclic) bond motifs is 2. The van der Waals surface area contributed by atoms with Crippen molar-refractivity contribution in [2.45, 2.75) is 11.4 Å². The van der Waals surface area contributed by atoms with Gasteiger partial charge >= 0.3 is 0 Å². The van der Waals surface area contributed by atoms with Gasteiger partial charge in [0.2, 0.25) is 10.0 Å². The average molecular weight is 422 g/mol. The molecule has 1 amide bonds. The fourth-order valence-electron chi connectivity index (χ4n) is 3.12. The predicted octanol–water partition coefficient (Wildman–Crippen LogP) is 2.88. The number of aromatic nitrogens is 1. The first-order valence-electron chi connectivity index (χ1n) is 8.55. The second-order valence-electron chi connectivity index (χ2n) is 6.29.